The quantitative estimate of drug-likeness (QED) is 0.495. The summed E-state index contributed by atoms with van der Waals surface area (Å²) in [5, 5.41) is 13.8. The molecule has 0 saturated heterocycles. The van der Waals surface area contributed by atoms with E-state index in [9.17, 15) is 31.5 Å². The normalized spacial score (nSPS) is 18.0. The first-order valence-electron chi connectivity index (χ1n) is 11.2. The van der Waals surface area contributed by atoms with E-state index >= 15 is 0 Å². The van der Waals surface area contributed by atoms with Crippen molar-refractivity contribution >= 4 is 21.4 Å². The van der Waals surface area contributed by atoms with Crippen LogP contribution in [0.25, 0.3) is 0 Å². The topological polar surface area (TPSA) is 122 Å². The summed E-state index contributed by atoms with van der Waals surface area (Å²) in [5.41, 5.74) is 3.24. The van der Waals surface area contributed by atoms with Gasteiger partial charge < -0.3 is 16.2 Å². The van der Waals surface area contributed by atoms with Crippen LogP contribution in [-0.4, -0.2) is 48.0 Å². The summed E-state index contributed by atoms with van der Waals surface area (Å²) >= 11 is 0. The fourth-order valence-corrected chi connectivity index (χ4v) is 5.54. The van der Waals surface area contributed by atoms with Crippen LogP contribution in [0.4, 0.5) is 18.9 Å². The number of hydrogen-bond acceptors (Lipinski definition) is 6. The SMILES string of the molecule is CCS(=O)(=O)c1cc2c(cn1)NC(CC(O)(CC(C)(C)c1cc(C)ccc1C(N)=O)C(F)(F)F)C2. The van der Waals surface area contributed by atoms with E-state index in [1.165, 1.54) is 39.1 Å². The van der Waals surface area contributed by atoms with E-state index in [1.54, 1.807) is 19.1 Å². The molecule has 1 aliphatic rings. The lowest BCUT2D eigenvalue weighted by atomic mass is 9.71. The Bertz CT molecular complexity index is 1250. The molecular weight excluding hydrogens is 483 g/mol. The number of nitrogens with one attached hydrogen (secondary N) is 1. The van der Waals surface area contributed by atoms with Gasteiger partial charge in [-0.1, -0.05) is 38.5 Å². The van der Waals surface area contributed by atoms with Gasteiger partial charge in [0.2, 0.25) is 5.91 Å². The number of anilines is 1. The molecule has 3 rings (SSSR count). The molecule has 2 unspecified atom stereocenters. The first-order valence-corrected chi connectivity index (χ1v) is 12.8. The van der Waals surface area contributed by atoms with E-state index in [-0.39, 0.29) is 22.8 Å². The smallest absolute Gasteiger partial charge is 0.380 e. The highest BCUT2D eigenvalue weighted by molar-refractivity contribution is 7.91. The summed E-state index contributed by atoms with van der Waals surface area (Å²) in [4.78, 5) is 15.9. The maximum Gasteiger partial charge on any atom is 0.417 e. The molecule has 0 aliphatic carbocycles. The van der Waals surface area contributed by atoms with Gasteiger partial charge >= 0.3 is 6.18 Å². The highest BCUT2D eigenvalue weighted by Crippen LogP contribution is 2.46. The average molecular weight is 514 g/mol. The number of aromatic nitrogens is 1. The van der Waals surface area contributed by atoms with Crippen molar-refractivity contribution in [2.45, 2.75) is 75.2 Å². The molecule has 0 bridgehead atoms. The molecule has 11 heteroatoms. The Morgan fingerprint density at radius 3 is 2.49 bits per heavy atom. The van der Waals surface area contributed by atoms with Gasteiger partial charge in [-0.25, -0.2) is 13.4 Å². The van der Waals surface area contributed by atoms with Gasteiger partial charge in [0, 0.05) is 18.0 Å². The number of nitrogens with zero attached hydrogens (tertiary/aromatic N) is 1. The predicted octanol–water partition coefficient (Wildman–Crippen LogP) is 3.67. The molecule has 0 radical (unpaired) electrons. The number of rotatable bonds is 8. The van der Waals surface area contributed by atoms with Crippen LogP contribution in [0.5, 0.6) is 0 Å². The van der Waals surface area contributed by atoms with E-state index in [1.807, 2.05) is 0 Å². The summed E-state index contributed by atoms with van der Waals surface area (Å²) in [6, 6.07) is 5.30. The Labute approximate surface area is 202 Å². The second-order valence-corrected chi connectivity index (χ2v) is 12.1. The molecule has 0 fully saturated rings. The maximum atomic E-state index is 14.3. The Morgan fingerprint density at radius 2 is 1.91 bits per heavy atom. The van der Waals surface area contributed by atoms with Gasteiger partial charge in [0.1, 0.15) is 0 Å². The molecular formula is C24H30F3N3O4S. The average Bonchev–Trinajstić information content (AvgIpc) is 3.13. The summed E-state index contributed by atoms with van der Waals surface area (Å²) in [7, 11) is -3.57. The van der Waals surface area contributed by atoms with E-state index < -0.39 is 51.8 Å². The Hall–Kier alpha value is -2.66. The van der Waals surface area contributed by atoms with E-state index in [0.29, 0.717) is 16.8 Å². The van der Waals surface area contributed by atoms with Gasteiger partial charge in [0.15, 0.2) is 20.5 Å². The van der Waals surface area contributed by atoms with Gasteiger partial charge in [-0.15, -0.1) is 0 Å². The highest BCUT2D eigenvalue weighted by Gasteiger charge is 2.57. The van der Waals surface area contributed by atoms with Crippen LogP contribution < -0.4 is 11.1 Å². The van der Waals surface area contributed by atoms with E-state index in [0.717, 1.165) is 5.56 Å². The minimum Gasteiger partial charge on any atom is -0.380 e. The second-order valence-electron chi connectivity index (χ2n) is 9.84. The van der Waals surface area contributed by atoms with Crippen LogP contribution in [-0.2, 0) is 21.7 Å². The van der Waals surface area contributed by atoms with E-state index in [4.69, 9.17) is 5.73 Å². The number of carbonyl (C=O) groups is 1. The van der Waals surface area contributed by atoms with Crippen molar-refractivity contribution in [2.24, 2.45) is 5.73 Å². The zero-order valence-electron chi connectivity index (χ0n) is 20.0. The molecule has 0 spiro atoms. The Balaban J connectivity index is 1.91. The lowest BCUT2D eigenvalue weighted by molar-refractivity contribution is -0.270. The van der Waals surface area contributed by atoms with Gasteiger partial charge in [0.05, 0.1) is 17.6 Å². The molecule has 35 heavy (non-hydrogen) atoms. The zero-order valence-corrected chi connectivity index (χ0v) is 20.8. The molecule has 0 saturated carbocycles. The largest absolute Gasteiger partial charge is 0.417 e. The number of benzene rings is 1. The fourth-order valence-electron chi connectivity index (χ4n) is 4.71. The number of amides is 1. The van der Waals surface area contributed by atoms with Gasteiger partial charge in [0.25, 0.3) is 0 Å². The molecule has 7 nitrogen and oxygen atoms in total. The van der Waals surface area contributed by atoms with Crippen LogP contribution in [0.1, 0.15) is 60.7 Å². The number of carbonyl (C=O) groups excluding carboxylic acids is 1. The van der Waals surface area contributed by atoms with Crippen molar-refractivity contribution in [1.29, 1.82) is 0 Å². The number of aryl methyl sites for hydroxylation is 1. The van der Waals surface area contributed by atoms with Crippen LogP contribution in [0.15, 0.2) is 35.5 Å². The van der Waals surface area contributed by atoms with E-state index in [2.05, 4.69) is 10.3 Å². The molecule has 1 aromatic heterocycles. The molecule has 4 N–H and O–H groups in total. The third-order valence-corrected chi connectivity index (χ3v) is 8.13. The highest BCUT2D eigenvalue weighted by atomic mass is 32.2. The summed E-state index contributed by atoms with van der Waals surface area (Å²) in [6.45, 7) is 6.30. The van der Waals surface area contributed by atoms with Crippen molar-refractivity contribution in [3.05, 3.63) is 52.7 Å². The number of alkyl halides is 3. The lowest BCUT2D eigenvalue weighted by Gasteiger charge is -2.40. The van der Waals surface area contributed by atoms with Crippen molar-refractivity contribution in [2.75, 3.05) is 11.1 Å². The van der Waals surface area contributed by atoms with Crippen LogP contribution in [0.3, 0.4) is 0 Å². The Kier molecular flexibility index (Phi) is 6.99. The van der Waals surface area contributed by atoms with Crippen molar-refractivity contribution in [3.63, 3.8) is 0 Å². The summed E-state index contributed by atoms with van der Waals surface area (Å²) in [5.74, 6) is -0.910. The molecule has 2 aromatic rings. The standard InChI is InChI=1S/C24H30F3N3O4S/c1-5-35(33,34)20-10-15-9-16(30-19(15)12-29-20)11-23(32,24(25,26)27)13-22(3,4)18-8-14(2)6-7-17(18)21(28)31/h6-8,10,12,16,30,32H,5,9,11,13H2,1-4H3,(H2,28,31). The number of primary amides is 1. The molecule has 2 atom stereocenters. The number of sulfone groups is 1. The zero-order chi connectivity index (χ0) is 26.4. The number of fused-ring (bicyclic) bond motifs is 1. The number of nitrogens with two attached hydrogens (primary N) is 1. The fraction of sp³-hybridized carbons (Fsp3) is 0.500. The molecule has 2 heterocycles. The van der Waals surface area contributed by atoms with Gasteiger partial charge in [-0.3, -0.25) is 4.79 Å². The van der Waals surface area contributed by atoms with Crippen molar-refractivity contribution in [1.82, 2.24) is 4.98 Å². The summed E-state index contributed by atoms with van der Waals surface area (Å²) in [6.07, 6.45) is -4.97. The van der Waals surface area contributed by atoms with Crippen LogP contribution >= 0.6 is 0 Å². The minimum absolute atomic E-state index is 0.0971. The predicted molar refractivity (Wildman–Crippen MR) is 126 cm³/mol. The number of halogens is 3. The third-order valence-electron chi connectivity index (χ3n) is 6.50. The second kappa shape index (κ2) is 9.09. The van der Waals surface area contributed by atoms with Gasteiger partial charge in [-0.2, -0.15) is 13.2 Å². The lowest BCUT2D eigenvalue weighted by Crippen LogP contribution is -2.52. The van der Waals surface area contributed by atoms with Crippen molar-refractivity contribution < 1.29 is 31.5 Å². The molecule has 1 aliphatic heterocycles. The monoisotopic (exact) mass is 513 g/mol. The maximum absolute atomic E-state index is 14.3. The van der Waals surface area contributed by atoms with Gasteiger partial charge in [-0.05, 0) is 48.4 Å². The molecule has 1 amide bonds. The number of aliphatic hydroxyl groups is 1. The van der Waals surface area contributed by atoms with Crippen LogP contribution in [0.2, 0.25) is 0 Å². The van der Waals surface area contributed by atoms with Crippen LogP contribution in [0, 0.1) is 6.92 Å². The number of pyridine rings is 1. The first-order chi connectivity index (χ1) is 16.0. The van der Waals surface area contributed by atoms with Crippen molar-refractivity contribution in [3.8, 4) is 0 Å². The molecule has 1 aromatic carbocycles. The third kappa shape index (κ3) is 5.45. The summed E-state index contributed by atoms with van der Waals surface area (Å²) < 4.78 is 67.1. The Morgan fingerprint density at radius 1 is 1.26 bits per heavy atom. The number of hydrogen-bond donors (Lipinski definition) is 3. The molecule has 192 valence electrons. The first kappa shape index (κ1) is 26.9. The minimum atomic E-state index is -4.97.